The molecule has 0 saturated carbocycles. The monoisotopic (exact) mass is 567 g/mol. The Morgan fingerprint density at radius 2 is 1.76 bits per heavy atom. The number of nitrogens with one attached hydrogen (secondary N) is 1. The van der Waals surface area contributed by atoms with Crippen molar-refractivity contribution < 1.29 is 13.2 Å². The number of aromatic nitrogens is 2. The van der Waals surface area contributed by atoms with Gasteiger partial charge >= 0.3 is 0 Å². The molecule has 0 radical (unpaired) electrons. The molecule has 38 heavy (non-hydrogen) atoms. The third-order valence-corrected chi connectivity index (χ3v) is 10.3. The second kappa shape index (κ2) is 10.3. The van der Waals surface area contributed by atoms with E-state index in [1.807, 2.05) is 24.3 Å². The van der Waals surface area contributed by atoms with Crippen molar-refractivity contribution in [2.75, 3.05) is 26.2 Å². The van der Waals surface area contributed by atoms with Crippen molar-refractivity contribution in [2.24, 2.45) is 0 Å². The first kappa shape index (κ1) is 25.4. The van der Waals surface area contributed by atoms with Crippen molar-refractivity contribution in [3.05, 3.63) is 87.1 Å². The summed E-state index contributed by atoms with van der Waals surface area (Å²) in [7, 11) is -3.67. The van der Waals surface area contributed by atoms with Crippen molar-refractivity contribution in [3.63, 3.8) is 0 Å². The Morgan fingerprint density at radius 1 is 1.03 bits per heavy atom. The lowest BCUT2D eigenvalue weighted by Gasteiger charge is -2.33. The topological polar surface area (TPSA) is 95.5 Å². The molecule has 0 spiro atoms. The number of sulfonamides is 1. The first-order chi connectivity index (χ1) is 18.4. The molecule has 8 nitrogen and oxygen atoms in total. The fourth-order valence-electron chi connectivity index (χ4n) is 5.03. The van der Waals surface area contributed by atoms with Gasteiger partial charge in [-0.15, -0.1) is 11.3 Å². The Balaban J connectivity index is 1.10. The molecule has 1 saturated heterocycles. The summed E-state index contributed by atoms with van der Waals surface area (Å²) in [6, 6.07) is 14.7. The van der Waals surface area contributed by atoms with E-state index in [-0.39, 0.29) is 29.9 Å². The molecule has 196 valence electrons. The Labute approximate surface area is 230 Å². The molecule has 1 amide bonds. The lowest BCUT2D eigenvalue weighted by molar-refractivity contribution is 0.0697. The molecule has 2 aromatic heterocycles. The van der Waals surface area contributed by atoms with Crippen molar-refractivity contribution in [3.8, 4) is 0 Å². The number of halogens is 1. The minimum absolute atomic E-state index is 0.130. The zero-order valence-corrected chi connectivity index (χ0v) is 22.9. The number of fused-ring (bicyclic) bond motifs is 2. The van der Waals surface area contributed by atoms with E-state index < -0.39 is 10.0 Å². The average Bonchev–Trinajstić information content (AvgIpc) is 3.36. The number of hydrogen-bond donors (Lipinski definition) is 1. The molecule has 11 heteroatoms. The van der Waals surface area contributed by atoms with Gasteiger partial charge in [-0.2, -0.15) is 4.31 Å². The number of pyridine rings is 1. The third-order valence-electron chi connectivity index (χ3n) is 7.12. The molecule has 0 bridgehead atoms. The second-order valence-electron chi connectivity index (χ2n) is 9.58. The molecular formula is C27H26ClN5O3S2. The number of carbonyl (C=O) groups excluding carboxylic acids is 1. The van der Waals surface area contributed by atoms with Gasteiger partial charge in [-0.05, 0) is 59.2 Å². The number of piperazine rings is 1. The van der Waals surface area contributed by atoms with E-state index in [2.05, 4.69) is 10.3 Å². The highest BCUT2D eigenvalue weighted by Gasteiger charge is 2.32. The predicted octanol–water partition coefficient (Wildman–Crippen LogP) is 3.75. The summed E-state index contributed by atoms with van der Waals surface area (Å²) in [6.45, 7) is 1.84. The minimum atomic E-state index is -3.67. The summed E-state index contributed by atoms with van der Waals surface area (Å²) in [5.41, 5.74) is 2.20. The first-order valence-electron chi connectivity index (χ1n) is 12.5. The van der Waals surface area contributed by atoms with Gasteiger partial charge in [0.15, 0.2) is 5.01 Å². The zero-order chi connectivity index (χ0) is 26.3. The van der Waals surface area contributed by atoms with Crippen LogP contribution in [0.15, 0.2) is 65.8 Å². The van der Waals surface area contributed by atoms with E-state index in [1.165, 1.54) is 21.2 Å². The highest BCUT2D eigenvalue weighted by atomic mass is 35.5. The highest BCUT2D eigenvalue weighted by molar-refractivity contribution is 7.89. The van der Waals surface area contributed by atoms with Crippen LogP contribution in [0.2, 0.25) is 5.02 Å². The normalized spacial score (nSPS) is 18.4. The Morgan fingerprint density at radius 3 is 2.55 bits per heavy atom. The summed E-state index contributed by atoms with van der Waals surface area (Å²) < 4.78 is 28.1. The Hall–Kier alpha value is -2.89. The molecule has 1 atom stereocenters. The summed E-state index contributed by atoms with van der Waals surface area (Å²) in [6.07, 6.45) is 5.24. The van der Waals surface area contributed by atoms with E-state index in [4.69, 9.17) is 16.6 Å². The largest absolute Gasteiger partial charge is 0.334 e. The number of benzene rings is 2. The number of nitrogens with zero attached hydrogens (tertiary/aromatic N) is 4. The Bertz CT molecular complexity index is 1600. The highest BCUT2D eigenvalue weighted by Crippen LogP contribution is 2.28. The van der Waals surface area contributed by atoms with Gasteiger partial charge in [0.25, 0.3) is 5.91 Å². The van der Waals surface area contributed by atoms with Gasteiger partial charge in [-0.25, -0.2) is 13.4 Å². The maximum Gasteiger partial charge on any atom is 0.282 e. The first-order valence-corrected chi connectivity index (χ1v) is 15.1. The minimum Gasteiger partial charge on any atom is -0.334 e. The standard InChI is InChI=1S/C27H26ClN5O3S2/c28-21-3-1-20-15-23(4-2-19(20)14-21)38(35,36)33-11-9-32(10-12-33)27(34)26-31-24-16-22(30-17-25(24)37-26)13-18-5-7-29-8-6-18/h1-8,14-15,22,30H,9-13,16-17H2. The van der Waals surface area contributed by atoms with E-state index in [1.54, 1.807) is 41.6 Å². The van der Waals surface area contributed by atoms with E-state index >= 15 is 0 Å². The van der Waals surface area contributed by atoms with Crippen LogP contribution in [0.5, 0.6) is 0 Å². The number of thiazole rings is 1. The van der Waals surface area contributed by atoms with Crippen molar-refractivity contribution in [1.29, 1.82) is 0 Å². The lowest BCUT2D eigenvalue weighted by Crippen LogP contribution is -2.50. The number of hydrogen-bond acceptors (Lipinski definition) is 7. The van der Waals surface area contributed by atoms with Gasteiger partial charge in [0.05, 0.1) is 10.6 Å². The van der Waals surface area contributed by atoms with Crippen LogP contribution in [0.4, 0.5) is 0 Å². The second-order valence-corrected chi connectivity index (χ2v) is 13.0. The van der Waals surface area contributed by atoms with Crippen LogP contribution >= 0.6 is 22.9 Å². The summed E-state index contributed by atoms with van der Waals surface area (Å²) >= 11 is 7.49. The third kappa shape index (κ3) is 5.06. The fourth-order valence-corrected chi connectivity index (χ4v) is 7.68. The number of rotatable bonds is 5. The number of amides is 1. The van der Waals surface area contributed by atoms with Crippen LogP contribution in [0.25, 0.3) is 10.8 Å². The SMILES string of the molecule is O=C(c1nc2c(s1)CNC(Cc1ccncc1)C2)N1CCN(S(=O)(=O)c2ccc3cc(Cl)ccc3c2)CC1. The van der Waals surface area contributed by atoms with Gasteiger partial charge in [-0.1, -0.05) is 23.7 Å². The van der Waals surface area contributed by atoms with Crippen molar-refractivity contribution in [1.82, 2.24) is 24.5 Å². The van der Waals surface area contributed by atoms with Crippen molar-refractivity contribution >= 4 is 49.6 Å². The molecule has 1 fully saturated rings. The molecule has 2 aromatic carbocycles. The van der Waals surface area contributed by atoms with Gasteiger partial charge < -0.3 is 10.2 Å². The van der Waals surface area contributed by atoms with Crippen LogP contribution in [0.3, 0.4) is 0 Å². The molecule has 2 aliphatic rings. The predicted molar refractivity (Wildman–Crippen MR) is 148 cm³/mol. The summed E-state index contributed by atoms with van der Waals surface area (Å²) in [5, 5.41) is 6.34. The summed E-state index contributed by atoms with van der Waals surface area (Å²) in [5.74, 6) is -0.130. The molecule has 4 heterocycles. The van der Waals surface area contributed by atoms with Crippen LogP contribution in [0.1, 0.15) is 25.9 Å². The van der Waals surface area contributed by atoms with E-state index in [0.717, 1.165) is 34.2 Å². The molecule has 2 aliphatic heterocycles. The quantitative estimate of drug-likeness (QED) is 0.395. The van der Waals surface area contributed by atoms with Gasteiger partial charge in [-0.3, -0.25) is 9.78 Å². The van der Waals surface area contributed by atoms with E-state index in [9.17, 15) is 13.2 Å². The maximum atomic E-state index is 13.3. The molecule has 4 aromatic rings. The molecule has 1 N–H and O–H groups in total. The lowest BCUT2D eigenvalue weighted by atomic mass is 9.99. The van der Waals surface area contributed by atoms with Crippen LogP contribution < -0.4 is 5.32 Å². The smallest absolute Gasteiger partial charge is 0.282 e. The van der Waals surface area contributed by atoms with Gasteiger partial charge in [0, 0.05) is 67.5 Å². The van der Waals surface area contributed by atoms with Crippen LogP contribution in [-0.2, 0) is 29.4 Å². The van der Waals surface area contributed by atoms with Crippen LogP contribution in [-0.4, -0.2) is 65.7 Å². The van der Waals surface area contributed by atoms with Gasteiger partial charge in [0.1, 0.15) is 0 Å². The fraction of sp³-hybridized carbons (Fsp3) is 0.296. The summed E-state index contributed by atoms with van der Waals surface area (Å²) in [4.78, 5) is 25.1. The molecule has 6 rings (SSSR count). The van der Waals surface area contributed by atoms with Crippen molar-refractivity contribution in [2.45, 2.75) is 30.3 Å². The average molecular weight is 568 g/mol. The van der Waals surface area contributed by atoms with Crippen LogP contribution in [0, 0.1) is 0 Å². The van der Waals surface area contributed by atoms with Gasteiger partial charge in [0.2, 0.25) is 10.0 Å². The van der Waals surface area contributed by atoms with E-state index in [0.29, 0.717) is 29.7 Å². The Kier molecular flexibility index (Phi) is 6.92. The molecular weight excluding hydrogens is 542 g/mol. The molecule has 1 unspecified atom stereocenters. The zero-order valence-electron chi connectivity index (χ0n) is 20.5. The maximum absolute atomic E-state index is 13.3. The molecule has 0 aliphatic carbocycles. The number of carbonyl (C=O) groups is 1.